The quantitative estimate of drug-likeness (QED) is 0.468. The van der Waals surface area contributed by atoms with E-state index in [9.17, 15) is 4.79 Å². The number of β-amino-alcohol motifs (C(OH)–C–C–N with tert-alkyl or cyclic N) is 1. The second-order valence-corrected chi connectivity index (χ2v) is 2.58. The van der Waals surface area contributed by atoms with E-state index >= 15 is 0 Å². The summed E-state index contributed by atoms with van der Waals surface area (Å²) in [6, 6.07) is 0. The van der Waals surface area contributed by atoms with Crippen molar-refractivity contribution in [1.82, 2.24) is 5.32 Å². The SMILES string of the molecule is O=C(O)C[C@H]1CNC[C@@H]1O. The Labute approximate surface area is 58.9 Å². The lowest BCUT2D eigenvalue weighted by Gasteiger charge is -2.08. The summed E-state index contributed by atoms with van der Waals surface area (Å²) in [6.45, 7) is 1.14. The van der Waals surface area contributed by atoms with E-state index in [4.69, 9.17) is 10.2 Å². The fraction of sp³-hybridized carbons (Fsp3) is 0.833. The molecule has 0 spiro atoms. The lowest BCUT2D eigenvalue weighted by atomic mass is 10.0. The third kappa shape index (κ3) is 1.68. The molecule has 0 saturated carbocycles. The molecule has 0 aromatic carbocycles. The number of carbonyl (C=O) groups is 1. The van der Waals surface area contributed by atoms with Gasteiger partial charge in [0, 0.05) is 19.0 Å². The van der Waals surface area contributed by atoms with Crippen molar-refractivity contribution in [2.24, 2.45) is 5.92 Å². The Hall–Kier alpha value is -0.610. The first-order valence-electron chi connectivity index (χ1n) is 3.30. The molecule has 1 aliphatic rings. The molecule has 0 radical (unpaired) electrons. The van der Waals surface area contributed by atoms with Crippen molar-refractivity contribution >= 4 is 5.97 Å². The van der Waals surface area contributed by atoms with Crippen LogP contribution in [0, 0.1) is 5.92 Å². The van der Waals surface area contributed by atoms with Gasteiger partial charge in [0.25, 0.3) is 0 Å². The molecular formula is C6H11NO3. The van der Waals surface area contributed by atoms with Gasteiger partial charge in [-0.05, 0) is 0 Å². The van der Waals surface area contributed by atoms with Crippen molar-refractivity contribution in [3.05, 3.63) is 0 Å². The van der Waals surface area contributed by atoms with Crippen LogP contribution in [0.3, 0.4) is 0 Å². The van der Waals surface area contributed by atoms with Gasteiger partial charge in [-0.25, -0.2) is 0 Å². The van der Waals surface area contributed by atoms with Gasteiger partial charge in [0.2, 0.25) is 0 Å². The lowest BCUT2D eigenvalue weighted by Crippen LogP contribution is -2.20. The molecule has 3 N–H and O–H groups in total. The van der Waals surface area contributed by atoms with Gasteiger partial charge in [-0.15, -0.1) is 0 Å². The summed E-state index contributed by atoms with van der Waals surface area (Å²) in [5, 5.41) is 20.4. The Kier molecular flexibility index (Phi) is 2.24. The van der Waals surface area contributed by atoms with Crippen LogP contribution < -0.4 is 5.32 Å². The zero-order valence-corrected chi connectivity index (χ0v) is 5.58. The number of rotatable bonds is 2. The first-order valence-corrected chi connectivity index (χ1v) is 3.30. The highest BCUT2D eigenvalue weighted by molar-refractivity contribution is 5.67. The molecule has 1 rings (SSSR count). The Morgan fingerprint density at radius 2 is 2.30 bits per heavy atom. The molecule has 0 unspecified atom stereocenters. The highest BCUT2D eigenvalue weighted by atomic mass is 16.4. The normalized spacial score (nSPS) is 32.5. The maximum Gasteiger partial charge on any atom is 0.303 e. The van der Waals surface area contributed by atoms with E-state index in [0.717, 1.165) is 0 Å². The van der Waals surface area contributed by atoms with E-state index in [0.29, 0.717) is 13.1 Å². The zero-order chi connectivity index (χ0) is 7.56. The van der Waals surface area contributed by atoms with Gasteiger partial charge in [0.15, 0.2) is 0 Å². The first kappa shape index (κ1) is 7.50. The average Bonchev–Trinajstić information content (AvgIpc) is 2.15. The summed E-state index contributed by atoms with van der Waals surface area (Å²) in [5.74, 6) is -0.940. The molecule has 4 heteroatoms. The Bertz CT molecular complexity index is 137. The maximum atomic E-state index is 10.2. The predicted octanol–water partition coefficient (Wildman–Crippen LogP) is -0.959. The van der Waals surface area contributed by atoms with Gasteiger partial charge in [0.1, 0.15) is 0 Å². The molecule has 1 heterocycles. The topological polar surface area (TPSA) is 69.6 Å². The molecule has 1 fully saturated rings. The van der Waals surface area contributed by atoms with E-state index in [2.05, 4.69) is 5.32 Å². The minimum atomic E-state index is -0.840. The summed E-state index contributed by atoms with van der Waals surface area (Å²) in [6.07, 6.45) is -0.412. The number of aliphatic hydroxyl groups is 1. The minimum Gasteiger partial charge on any atom is -0.481 e. The summed E-state index contributed by atoms with van der Waals surface area (Å²) >= 11 is 0. The van der Waals surface area contributed by atoms with Gasteiger partial charge in [-0.3, -0.25) is 4.79 Å². The molecule has 1 saturated heterocycles. The number of carboxylic acid groups (broad SMARTS) is 1. The van der Waals surface area contributed by atoms with E-state index in [1.165, 1.54) is 0 Å². The van der Waals surface area contributed by atoms with Crippen LogP contribution in [0.5, 0.6) is 0 Å². The molecule has 2 atom stereocenters. The van der Waals surface area contributed by atoms with Gasteiger partial charge in [-0.2, -0.15) is 0 Å². The fourth-order valence-corrected chi connectivity index (χ4v) is 1.15. The average molecular weight is 145 g/mol. The highest BCUT2D eigenvalue weighted by Gasteiger charge is 2.26. The van der Waals surface area contributed by atoms with Crippen molar-refractivity contribution in [3.63, 3.8) is 0 Å². The third-order valence-electron chi connectivity index (χ3n) is 1.74. The van der Waals surface area contributed by atoms with Crippen LogP contribution in [-0.2, 0) is 4.79 Å². The van der Waals surface area contributed by atoms with Crippen LogP contribution in [0.2, 0.25) is 0 Å². The Morgan fingerprint density at radius 3 is 2.70 bits per heavy atom. The number of aliphatic hydroxyl groups excluding tert-OH is 1. The van der Waals surface area contributed by atoms with Crippen LogP contribution >= 0.6 is 0 Å². The molecule has 4 nitrogen and oxygen atoms in total. The molecule has 10 heavy (non-hydrogen) atoms. The summed E-state index contributed by atoms with van der Waals surface area (Å²) < 4.78 is 0. The molecule has 58 valence electrons. The third-order valence-corrected chi connectivity index (χ3v) is 1.74. The van der Waals surface area contributed by atoms with Crippen LogP contribution in [0.15, 0.2) is 0 Å². The van der Waals surface area contributed by atoms with E-state index < -0.39 is 12.1 Å². The van der Waals surface area contributed by atoms with Crippen LogP contribution in [0.4, 0.5) is 0 Å². The molecule has 0 aromatic rings. The monoisotopic (exact) mass is 145 g/mol. The molecule has 1 aliphatic heterocycles. The number of aliphatic carboxylic acids is 1. The molecule has 0 aliphatic carbocycles. The Morgan fingerprint density at radius 1 is 1.60 bits per heavy atom. The number of carboxylic acids is 1. The second kappa shape index (κ2) is 2.98. The van der Waals surface area contributed by atoms with E-state index in [1.54, 1.807) is 0 Å². The molecule has 0 amide bonds. The highest BCUT2D eigenvalue weighted by Crippen LogP contribution is 2.12. The zero-order valence-electron chi connectivity index (χ0n) is 5.58. The van der Waals surface area contributed by atoms with Crippen LogP contribution in [0.25, 0.3) is 0 Å². The largest absolute Gasteiger partial charge is 0.481 e. The van der Waals surface area contributed by atoms with Crippen molar-refractivity contribution in [2.45, 2.75) is 12.5 Å². The van der Waals surface area contributed by atoms with E-state index in [-0.39, 0.29) is 12.3 Å². The van der Waals surface area contributed by atoms with Gasteiger partial charge >= 0.3 is 5.97 Å². The predicted molar refractivity (Wildman–Crippen MR) is 34.6 cm³/mol. The van der Waals surface area contributed by atoms with Crippen molar-refractivity contribution in [2.75, 3.05) is 13.1 Å². The van der Waals surface area contributed by atoms with Crippen molar-refractivity contribution in [3.8, 4) is 0 Å². The van der Waals surface area contributed by atoms with Crippen molar-refractivity contribution in [1.29, 1.82) is 0 Å². The minimum absolute atomic E-state index is 0.0637. The smallest absolute Gasteiger partial charge is 0.303 e. The standard InChI is InChI=1S/C6H11NO3/c8-5-3-7-2-4(5)1-6(9)10/h4-5,7-8H,1-3H2,(H,9,10)/t4-,5-/m0/s1. The van der Waals surface area contributed by atoms with Gasteiger partial charge < -0.3 is 15.5 Å². The van der Waals surface area contributed by atoms with Gasteiger partial charge in [0.05, 0.1) is 12.5 Å². The second-order valence-electron chi connectivity index (χ2n) is 2.58. The van der Waals surface area contributed by atoms with Crippen LogP contribution in [0.1, 0.15) is 6.42 Å². The maximum absolute atomic E-state index is 10.2. The van der Waals surface area contributed by atoms with Crippen molar-refractivity contribution < 1.29 is 15.0 Å². The Balaban J connectivity index is 2.33. The number of hydrogen-bond donors (Lipinski definition) is 3. The molecule has 0 bridgehead atoms. The summed E-state index contributed by atoms with van der Waals surface area (Å²) in [5.41, 5.74) is 0. The number of hydrogen-bond acceptors (Lipinski definition) is 3. The number of nitrogens with one attached hydrogen (secondary N) is 1. The molecule has 0 aromatic heterocycles. The molecular weight excluding hydrogens is 134 g/mol. The summed E-state index contributed by atoms with van der Waals surface area (Å²) in [7, 11) is 0. The fourth-order valence-electron chi connectivity index (χ4n) is 1.15. The van der Waals surface area contributed by atoms with Crippen LogP contribution in [-0.4, -0.2) is 35.4 Å². The van der Waals surface area contributed by atoms with E-state index in [1.807, 2.05) is 0 Å². The lowest BCUT2D eigenvalue weighted by molar-refractivity contribution is -0.138. The first-order chi connectivity index (χ1) is 4.70. The van der Waals surface area contributed by atoms with Gasteiger partial charge in [-0.1, -0.05) is 0 Å². The summed E-state index contributed by atoms with van der Waals surface area (Å²) in [4.78, 5) is 10.2.